The smallest absolute Gasteiger partial charge is 0.186 e. The minimum atomic E-state index is -1.88. The standard InChI is InChI=1S/C31H52O12/c1-27(2)18-6-9-29-10-16(4-5-19(29)28(18,3)8-7-20(27)33)30(38,12-29)14-41-25-23(36)22(35)21(34)17(43-25)11-40-26-24(37)31(39,13-32)15-42-26/h16-26,32-39H,4-15H2,1-3H3/t16-,17-,18-,19+,20-,21-,22+,23-,24+,25-,26-,28-,29+,30+,31-/m1/s1. The molecule has 8 N–H and O–H groups in total. The van der Waals surface area contributed by atoms with Crippen molar-refractivity contribution in [1.29, 1.82) is 0 Å². The Morgan fingerprint density at radius 2 is 1.53 bits per heavy atom. The first-order chi connectivity index (χ1) is 20.1. The molecule has 0 unspecified atom stereocenters. The Labute approximate surface area is 252 Å². The fourth-order valence-corrected chi connectivity index (χ4v) is 10.5. The highest BCUT2D eigenvalue weighted by molar-refractivity contribution is 5.17. The Hall–Kier alpha value is -0.480. The van der Waals surface area contributed by atoms with Gasteiger partial charge in [0.25, 0.3) is 0 Å². The van der Waals surface area contributed by atoms with E-state index in [4.69, 9.17) is 18.9 Å². The second-order valence-electron chi connectivity index (χ2n) is 15.7. The van der Waals surface area contributed by atoms with E-state index in [-0.39, 0.29) is 48.1 Å². The predicted molar refractivity (Wildman–Crippen MR) is 149 cm³/mol. The molecule has 0 aromatic rings. The van der Waals surface area contributed by atoms with Crippen molar-refractivity contribution in [2.45, 2.75) is 133 Å². The van der Waals surface area contributed by atoms with E-state index >= 15 is 0 Å². The first kappa shape index (κ1) is 32.5. The van der Waals surface area contributed by atoms with Gasteiger partial charge < -0.3 is 59.8 Å². The summed E-state index contributed by atoms with van der Waals surface area (Å²) in [6.07, 6.45) is -3.15. The number of aliphatic hydroxyl groups is 8. The van der Waals surface area contributed by atoms with Crippen LogP contribution in [0.1, 0.15) is 72.1 Å². The molecule has 12 nitrogen and oxygen atoms in total. The van der Waals surface area contributed by atoms with E-state index in [9.17, 15) is 40.9 Å². The zero-order chi connectivity index (χ0) is 31.2. The van der Waals surface area contributed by atoms with Crippen molar-refractivity contribution in [1.82, 2.24) is 0 Å². The number of fused-ring (bicyclic) bond motifs is 3. The molecule has 6 aliphatic rings. The molecule has 6 rings (SSSR count). The Balaban J connectivity index is 1.11. The van der Waals surface area contributed by atoms with Crippen molar-refractivity contribution < 1.29 is 59.8 Å². The molecule has 0 aromatic carbocycles. The van der Waals surface area contributed by atoms with Crippen LogP contribution in [0.4, 0.5) is 0 Å². The second kappa shape index (κ2) is 11.1. The van der Waals surface area contributed by atoms with Gasteiger partial charge in [0.1, 0.15) is 36.1 Å². The van der Waals surface area contributed by atoms with Crippen LogP contribution in [0, 0.1) is 34.0 Å². The summed E-state index contributed by atoms with van der Waals surface area (Å²) in [5.41, 5.74) is -3.07. The molecule has 0 radical (unpaired) electrons. The summed E-state index contributed by atoms with van der Waals surface area (Å²) in [6.45, 7) is 5.28. The lowest BCUT2D eigenvalue weighted by molar-refractivity contribution is -0.317. The molecule has 0 amide bonds. The molecule has 6 fully saturated rings. The maximum absolute atomic E-state index is 12.0. The Morgan fingerprint density at radius 1 is 0.791 bits per heavy atom. The van der Waals surface area contributed by atoms with E-state index in [1.165, 1.54) is 0 Å². The van der Waals surface area contributed by atoms with Crippen molar-refractivity contribution in [2.24, 2.45) is 34.0 Å². The van der Waals surface area contributed by atoms with Crippen molar-refractivity contribution in [3.05, 3.63) is 0 Å². The molecule has 2 saturated heterocycles. The number of hydrogen-bond acceptors (Lipinski definition) is 12. The molecule has 0 aromatic heterocycles. The molecule has 2 heterocycles. The topological polar surface area (TPSA) is 199 Å². The minimum absolute atomic E-state index is 0.0125. The van der Waals surface area contributed by atoms with Crippen LogP contribution in [-0.2, 0) is 18.9 Å². The predicted octanol–water partition coefficient (Wildman–Crippen LogP) is -0.597. The SMILES string of the molecule is CC1(C)[C@H](O)CC[C@]2(C)[C@@H]1CC[C@@]13C[C@@H](CC[C@H]12)[C@@](O)(CO[C@@H]1O[C@H](CO[C@@H]2OC[C@](O)(CO)[C@H]2O)[C@@H](O)[C@H](O)[C@H]1O)C3. The first-order valence-electron chi connectivity index (χ1n) is 16.1. The average molecular weight is 617 g/mol. The summed E-state index contributed by atoms with van der Waals surface area (Å²) in [4.78, 5) is 0. The Kier molecular flexibility index (Phi) is 8.35. The lowest BCUT2D eigenvalue weighted by Crippen LogP contribution is -2.60. The molecule has 43 heavy (non-hydrogen) atoms. The van der Waals surface area contributed by atoms with Crippen LogP contribution in [0.25, 0.3) is 0 Å². The Bertz CT molecular complexity index is 1030. The van der Waals surface area contributed by atoms with E-state index in [1.807, 2.05) is 0 Å². The quantitative estimate of drug-likeness (QED) is 0.181. The van der Waals surface area contributed by atoms with Crippen LogP contribution in [-0.4, -0.2) is 128 Å². The van der Waals surface area contributed by atoms with E-state index < -0.39 is 60.9 Å². The number of hydrogen-bond donors (Lipinski definition) is 8. The second-order valence-corrected chi connectivity index (χ2v) is 15.7. The van der Waals surface area contributed by atoms with E-state index in [1.54, 1.807) is 0 Å². The van der Waals surface area contributed by atoms with Crippen molar-refractivity contribution in [3.63, 3.8) is 0 Å². The van der Waals surface area contributed by atoms with Gasteiger partial charge in [0.15, 0.2) is 12.6 Å². The molecule has 15 atom stereocenters. The largest absolute Gasteiger partial charge is 0.393 e. The summed E-state index contributed by atoms with van der Waals surface area (Å²) in [6, 6.07) is 0. The minimum Gasteiger partial charge on any atom is -0.393 e. The van der Waals surface area contributed by atoms with Crippen LogP contribution in [0.3, 0.4) is 0 Å². The van der Waals surface area contributed by atoms with Crippen LogP contribution in [0.15, 0.2) is 0 Å². The molecule has 248 valence electrons. The highest BCUT2D eigenvalue weighted by Crippen LogP contribution is 2.72. The van der Waals surface area contributed by atoms with E-state index in [2.05, 4.69) is 20.8 Å². The lowest BCUT2D eigenvalue weighted by Gasteiger charge is -2.64. The number of aliphatic hydroxyl groups excluding tert-OH is 6. The lowest BCUT2D eigenvalue weighted by atomic mass is 9.41. The summed E-state index contributed by atoms with van der Waals surface area (Å²) >= 11 is 0. The van der Waals surface area contributed by atoms with Gasteiger partial charge in [0.05, 0.1) is 38.1 Å². The molecular weight excluding hydrogens is 564 g/mol. The molecule has 1 spiro atoms. The van der Waals surface area contributed by atoms with E-state index in [0.717, 1.165) is 44.9 Å². The zero-order valence-electron chi connectivity index (χ0n) is 25.5. The summed E-state index contributed by atoms with van der Waals surface area (Å²) in [5, 5.41) is 84.4. The maximum atomic E-state index is 12.0. The van der Waals surface area contributed by atoms with Crippen LogP contribution < -0.4 is 0 Å². The van der Waals surface area contributed by atoms with Gasteiger partial charge in [-0.1, -0.05) is 20.8 Å². The first-order valence-corrected chi connectivity index (χ1v) is 16.1. The molecular formula is C31H52O12. The average Bonchev–Trinajstić information content (AvgIpc) is 3.37. The molecule has 12 heteroatoms. The number of rotatable bonds is 7. The van der Waals surface area contributed by atoms with Crippen molar-refractivity contribution >= 4 is 0 Å². The van der Waals surface area contributed by atoms with Crippen molar-refractivity contribution in [2.75, 3.05) is 26.4 Å². The van der Waals surface area contributed by atoms with Gasteiger partial charge in [-0.15, -0.1) is 0 Å². The van der Waals surface area contributed by atoms with Gasteiger partial charge in [0.2, 0.25) is 0 Å². The Morgan fingerprint density at radius 3 is 2.23 bits per heavy atom. The third-order valence-corrected chi connectivity index (χ3v) is 13.0. The van der Waals surface area contributed by atoms with Gasteiger partial charge in [-0.3, -0.25) is 0 Å². The van der Waals surface area contributed by atoms with Gasteiger partial charge in [0, 0.05) is 0 Å². The molecule has 2 bridgehead atoms. The monoisotopic (exact) mass is 616 g/mol. The summed E-state index contributed by atoms with van der Waals surface area (Å²) in [5.74, 6) is 0.905. The van der Waals surface area contributed by atoms with E-state index in [0.29, 0.717) is 18.3 Å². The zero-order valence-corrected chi connectivity index (χ0v) is 25.5. The van der Waals surface area contributed by atoms with Crippen molar-refractivity contribution in [3.8, 4) is 0 Å². The van der Waals surface area contributed by atoms with Crippen LogP contribution in [0.5, 0.6) is 0 Å². The fourth-order valence-electron chi connectivity index (χ4n) is 10.5. The summed E-state index contributed by atoms with van der Waals surface area (Å²) in [7, 11) is 0. The van der Waals surface area contributed by atoms with Gasteiger partial charge in [-0.05, 0) is 85.4 Å². The fraction of sp³-hybridized carbons (Fsp3) is 1.00. The molecule has 4 saturated carbocycles. The third-order valence-electron chi connectivity index (χ3n) is 13.0. The summed E-state index contributed by atoms with van der Waals surface area (Å²) < 4.78 is 22.5. The highest BCUT2D eigenvalue weighted by Gasteiger charge is 2.68. The van der Waals surface area contributed by atoms with Gasteiger partial charge in [-0.2, -0.15) is 0 Å². The molecule has 4 aliphatic carbocycles. The maximum Gasteiger partial charge on any atom is 0.186 e. The van der Waals surface area contributed by atoms with Gasteiger partial charge >= 0.3 is 0 Å². The highest BCUT2D eigenvalue weighted by atomic mass is 16.7. The normalized spacial score (nSPS) is 56.0. The number of ether oxygens (including phenoxy) is 4. The third kappa shape index (κ3) is 5.03. The van der Waals surface area contributed by atoms with Crippen LogP contribution in [0.2, 0.25) is 0 Å². The van der Waals surface area contributed by atoms with Gasteiger partial charge in [-0.25, -0.2) is 0 Å². The molecule has 2 aliphatic heterocycles. The van der Waals surface area contributed by atoms with Crippen LogP contribution >= 0.6 is 0 Å².